The number of aromatic nitrogens is 2. The average Bonchev–Trinajstić information content (AvgIpc) is 2.79. The maximum absolute atomic E-state index is 13.0. The van der Waals surface area contributed by atoms with Crippen molar-refractivity contribution in [1.29, 1.82) is 0 Å². The first-order valence-electron chi connectivity index (χ1n) is 9.00. The van der Waals surface area contributed by atoms with Gasteiger partial charge in [-0.3, -0.25) is 9.59 Å². The molecule has 1 saturated heterocycles. The van der Waals surface area contributed by atoms with Crippen molar-refractivity contribution in [3.63, 3.8) is 0 Å². The van der Waals surface area contributed by atoms with Gasteiger partial charge in [0.1, 0.15) is 5.69 Å². The minimum atomic E-state index is -0.213. The van der Waals surface area contributed by atoms with Crippen molar-refractivity contribution < 1.29 is 9.59 Å². The number of carbonyl (C=O) groups excluding carboxylic acids is 2. The summed E-state index contributed by atoms with van der Waals surface area (Å²) in [5.74, 6) is 0.202. The van der Waals surface area contributed by atoms with Gasteiger partial charge in [0.05, 0.1) is 5.69 Å². The van der Waals surface area contributed by atoms with Crippen LogP contribution in [0.25, 0.3) is 0 Å². The lowest BCUT2D eigenvalue weighted by atomic mass is 10.1. The van der Waals surface area contributed by atoms with Gasteiger partial charge < -0.3 is 14.8 Å². The molecule has 2 amide bonds. The van der Waals surface area contributed by atoms with Gasteiger partial charge in [-0.05, 0) is 32.1 Å². The molecule has 24 heavy (non-hydrogen) atoms. The van der Waals surface area contributed by atoms with Gasteiger partial charge in [0.2, 0.25) is 0 Å². The number of fused-ring (bicyclic) bond motifs is 1. The second-order valence-corrected chi connectivity index (χ2v) is 6.54. The van der Waals surface area contributed by atoms with E-state index in [9.17, 15) is 9.59 Å². The molecule has 1 fully saturated rings. The Kier molecular flexibility index (Phi) is 5.33. The van der Waals surface area contributed by atoms with Crippen LogP contribution < -0.4 is 5.32 Å². The summed E-state index contributed by atoms with van der Waals surface area (Å²) in [6.45, 7) is 6.37. The first kappa shape index (κ1) is 16.7. The number of nitrogens with zero attached hydrogens (tertiary/aromatic N) is 3. The Morgan fingerprint density at radius 2 is 1.79 bits per heavy atom. The van der Waals surface area contributed by atoms with E-state index < -0.39 is 0 Å². The fraction of sp³-hybridized carbons (Fsp3) is 0.611. The predicted molar refractivity (Wildman–Crippen MR) is 92.1 cm³/mol. The average molecular weight is 330 g/mol. The standard InChI is InChI=1S/C18H26N4O2/c1-2-10-19-17(23)15-14-9-5-8-13-22(14)16(20-15)18(24)21-11-6-3-4-7-12-21/h2H,1,3-13H2,(H,19,23). The Morgan fingerprint density at radius 3 is 2.50 bits per heavy atom. The van der Waals surface area contributed by atoms with Crippen LogP contribution in [0.3, 0.4) is 0 Å². The minimum absolute atomic E-state index is 0.0252. The van der Waals surface area contributed by atoms with E-state index in [4.69, 9.17) is 0 Å². The van der Waals surface area contributed by atoms with E-state index in [1.807, 2.05) is 9.47 Å². The predicted octanol–water partition coefficient (Wildman–Crippen LogP) is 2.15. The maximum atomic E-state index is 13.0. The molecule has 6 nitrogen and oxygen atoms in total. The minimum Gasteiger partial charge on any atom is -0.347 e. The quantitative estimate of drug-likeness (QED) is 0.860. The Labute approximate surface area is 142 Å². The summed E-state index contributed by atoms with van der Waals surface area (Å²) in [6.07, 6.45) is 8.96. The molecule has 2 aliphatic rings. The molecule has 0 aliphatic carbocycles. The molecule has 1 aromatic rings. The van der Waals surface area contributed by atoms with Crippen LogP contribution in [-0.4, -0.2) is 45.9 Å². The van der Waals surface area contributed by atoms with Crippen LogP contribution in [0.4, 0.5) is 0 Å². The van der Waals surface area contributed by atoms with Crippen molar-refractivity contribution in [2.24, 2.45) is 0 Å². The molecule has 0 atom stereocenters. The third kappa shape index (κ3) is 3.37. The Hall–Kier alpha value is -2.11. The molecule has 0 aromatic carbocycles. The van der Waals surface area contributed by atoms with Gasteiger partial charge in [0.25, 0.3) is 11.8 Å². The maximum Gasteiger partial charge on any atom is 0.289 e. The molecule has 0 unspecified atom stereocenters. The fourth-order valence-electron chi connectivity index (χ4n) is 3.55. The highest BCUT2D eigenvalue weighted by Crippen LogP contribution is 2.23. The van der Waals surface area contributed by atoms with Crippen LogP contribution in [0.5, 0.6) is 0 Å². The van der Waals surface area contributed by atoms with Crippen molar-refractivity contribution in [1.82, 2.24) is 19.8 Å². The van der Waals surface area contributed by atoms with Crippen LogP contribution in [0.1, 0.15) is 65.3 Å². The lowest BCUT2D eigenvalue weighted by Gasteiger charge is -2.22. The van der Waals surface area contributed by atoms with Crippen molar-refractivity contribution in [2.45, 2.75) is 51.5 Å². The summed E-state index contributed by atoms with van der Waals surface area (Å²) in [4.78, 5) is 31.7. The number of carbonyl (C=O) groups is 2. The highest BCUT2D eigenvalue weighted by Gasteiger charge is 2.29. The van der Waals surface area contributed by atoms with Gasteiger partial charge in [-0.2, -0.15) is 0 Å². The largest absolute Gasteiger partial charge is 0.347 e. The third-order valence-electron chi connectivity index (χ3n) is 4.82. The van der Waals surface area contributed by atoms with Crippen LogP contribution >= 0.6 is 0 Å². The number of likely N-dealkylation sites (tertiary alicyclic amines) is 1. The zero-order valence-electron chi connectivity index (χ0n) is 14.2. The zero-order chi connectivity index (χ0) is 16.9. The van der Waals surface area contributed by atoms with Gasteiger partial charge in [-0.15, -0.1) is 6.58 Å². The number of nitrogens with one attached hydrogen (secondary N) is 1. The van der Waals surface area contributed by atoms with Crippen LogP contribution in [0.2, 0.25) is 0 Å². The first-order chi connectivity index (χ1) is 11.7. The van der Waals surface area contributed by atoms with Crippen LogP contribution in [-0.2, 0) is 13.0 Å². The number of amides is 2. The van der Waals surface area contributed by atoms with E-state index in [2.05, 4.69) is 16.9 Å². The highest BCUT2D eigenvalue weighted by molar-refractivity contribution is 5.97. The number of hydrogen-bond donors (Lipinski definition) is 1. The van der Waals surface area contributed by atoms with Crippen molar-refractivity contribution >= 4 is 11.8 Å². The summed E-state index contributed by atoms with van der Waals surface area (Å²) in [5, 5.41) is 2.78. The van der Waals surface area contributed by atoms with Gasteiger partial charge in [0, 0.05) is 26.2 Å². The van der Waals surface area contributed by atoms with E-state index in [0.29, 0.717) is 18.1 Å². The van der Waals surface area contributed by atoms with E-state index in [-0.39, 0.29) is 11.8 Å². The van der Waals surface area contributed by atoms with Crippen molar-refractivity contribution in [2.75, 3.05) is 19.6 Å². The molecule has 130 valence electrons. The van der Waals surface area contributed by atoms with Gasteiger partial charge in [-0.25, -0.2) is 4.98 Å². The topological polar surface area (TPSA) is 67.2 Å². The Bertz CT molecular complexity index is 627. The van der Waals surface area contributed by atoms with Gasteiger partial charge >= 0.3 is 0 Å². The van der Waals surface area contributed by atoms with Crippen molar-refractivity contribution in [3.05, 3.63) is 29.9 Å². The molecule has 2 aliphatic heterocycles. The summed E-state index contributed by atoms with van der Waals surface area (Å²) < 4.78 is 1.97. The third-order valence-corrected chi connectivity index (χ3v) is 4.82. The molecule has 3 rings (SSSR count). The second-order valence-electron chi connectivity index (χ2n) is 6.54. The van der Waals surface area contributed by atoms with Crippen molar-refractivity contribution in [3.8, 4) is 0 Å². The van der Waals surface area contributed by atoms with E-state index in [1.165, 1.54) is 12.8 Å². The van der Waals surface area contributed by atoms with E-state index in [1.54, 1.807) is 6.08 Å². The molecule has 0 radical (unpaired) electrons. The molecule has 0 spiro atoms. The smallest absolute Gasteiger partial charge is 0.289 e. The first-order valence-corrected chi connectivity index (χ1v) is 9.00. The fourth-order valence-corrected chi connectivity index (χ4v) is 3.55. The van der Waals surface area contributed by atoms with Crippen LogP contribution in [0.15, 0.2) is 12.7 Å². The molecular formula is C18H26N4O2. The number of imidazole rings is 1. The number of hydrogen-bond acceptors (Lipinski definition) is 3. The molecule has 1 N–H and O–H groups in total. The molecule has 1 aromatic heterocycles. The number of rotatable bonds is 4. The molecular weight excluding hydrogens is 304 g/mol. The van der Waals surface area contributed by atoms with Gasteiger partial charge in [0.15, 0.2) is 5.82 Å². The van der Waals surface area contributed by atoms with Crippen LogP contribution in [0, 0.1) is 0 Å². The molecule has 0 bridgehead atoms. The summed E-state index contributed by atoms with van der Waals surface area (Å²) in [7, 11) is 0. The SMILES string of the molecule is C=CCNC(=O)c1nc(C(=O)N2CCCCCC2)n2c1CCCC2. The Balaban J connectivity index is 1.89. The molecule has 0 saturated carbocycles. The Morgan fingerprint density at radius 1 is 1.08 bits per heavy atom. The van der Waals surface area contributed by atoms with E-state index >= 15 is 0 Å². The lowest BCUT2D eigenvalue weighted by molar-refractivity contribution is 0.0743. The highest BCUT2D eigenvalue weighted by atomic mass is 16.2. The normalized spacial score (nSPS) is 17.8. The van der Waals surface area contributed by atoms with E-state index in [0.717, 1.165) is 57.4 Å². The monoisotopic (exact) mass is 330 g/mol. The molecule has 6 heteroatoms. The summed E-state index contributed by atoms with van der Waals surface area (Å²) >= 11 is 0. The zero-order valence-corrected chi connectivity index (χ0v) is 14.2. The van der Waals surface area contributed by atoms with Gasteiger partial charge in [-0.1, -0.05) is 18.9 Å². The second kappa shape index (κ2) is 7.64. The summed E-state index contributed by atoms with van der Waals surface area (Å²) in [6, 6.07) is 0. The summed E-state index contributed by atoms with van der Waals surface area (Å²) in [5.41, 5.74) is 1.32. The lowest BCUT2D eigenvalue weighted by Crippen LogP contribution is -2.34. The molecule has 3 heterocycles.